The Kier molecular flexibility index (Phi) is 6.69. The largest absolute Gasteiger partial charge is 0.495 e. The molecular weight excluding hydrogens is 430 g/mol. The van der Waals surface area contributed by atoms with Gasteiger partial charge in [0.1, 0.15) is 11.0 Å². The van der Waals surface area contributed by atoms with Crippen molar-refractivity contribution in [3.05, 3.63) is 77.7 Å². The number of aromatic nitrogens is 3. The van der Waals surface area contributed by atoms with E-state index >= 15 is 0 Å². The molecule has 0 aliphatic carbocycles. The van der Waals surface area contributed by atoms with E-state index in [2.05, 4.69) is 10.2 Å². The average molecular weight is 452 g/mol. The molecule has 1 atom stereocenters. The Balaban J connectivity index is 1.83. The highest BCUT2D eigenvalue weighted by atomic mass is 32.2. The van der Waals surface area contributed by atoms with Gasteiger partial charge in [0, 0.05) is 0 Å². The van der Waals surface area contributed by atoms with E-state index in [1.807, 2.05) is 76.7 Å². The number of esters is 1. The molecule has 6 nitrogen and oxygen atoms in total. The topological polar surface area (TPSA) is 66.2 Å². The van der Waals surface area contributed by atoms with E-state index in [1.54, 1.807) is 25.4 Å². The maximum Gasteiger partial charge on any atom is 0.324 e. The quantitative estimate of drug-likeness (QED) is 0.264. The Hall–Kier alpha value is -3.10. The molecule has 0 radical (unpaired) electrons. The van der Waals surface area contributed by atoms with Gasteiger partial charge >= 0.3 is 5.97 Å². The Labute approximate surface area is 188 Å². The molecule has 2 aromatic heterocycles. The fourth-order valence-corrected chi connectivity index (χ4v) is 4.89. The summed E-state index contributed by atoms with van der Waals surface area (Å²) in [7, 11) is 1.63. The van der Waals surface area contributed by atoms with E-state index in [0.29, 0.717) is 23.3 Å². The van der Waals surface area contributed by atoms with E-state index in [-0.39, 0.29) is 5.97 Å². The number of benzene rings is 2. The van der Waals surface area contributed by atoms with Crippen LogP contribution in [0.3, 0.4) is 0 Å². The van der Waals surface area contributed by atoms with Crippen molar-refractivity contribution in [3.63, 3.8) is 0 Å². The molecule has 0 unspecified atom stereocenters. The van der Waals surface area contributed by atoms with Crippen LogP contribution in [0.2, 0.25) is 0 Å². The molecule has 0 saturated carbocycles. The lowest BCUT2D eigenvalue weighted by atomic mass is 10.1. The maximum atomic E-state index is 12.8. The van der Waals surface area contributed by atoms with Gasteiger partial charge in [0.05, 0.1) is 24.3 Å². The highest BCUT2D eigenvalue weighted by Gasteiger charge is 2.28. The third-order valence-corrected chi connectivity index (χ3v) is 6.57. The highest BCUT2D eigenvalue weighted by Crippen LogP contribution is 2.40. The van der Waals surface area contributed by atoms with E-state index in [9.17, 15) is 4.79 Å². The van der Waals surface area contributed by atoms with Crippen molar-refractivity contribution >= 4 is 29.1 Å². The third kappa shape index (κ3) is 4.50. The molecule has 8 heteroatoms. The summed E-state index contributed by atoms with van der Waals surface area (Å²) >= 11 is 2.89. The van der Waals surface area contributed by atoms with E-state index in [4.69, 9.17) is 9.47 Å². The first kappa shape index (κ1) is 21.1. The first-order valence-electron chi connectivity index (χ1n) is 9.73. The van der Waals surface area contributed by atoms with Crippen LogP contribution in [0.1, 0.15) is 17.7 Å². The normalized spacial score (nSPS) is 11.8. The lowest BCUT2D eigenvalue weighted by Gasteiger charge is -2.17. The van der Waals surface area contributed by atoms with Gasteiger partial charge in [0.2, 0.25) is 0 Å². The molecule has 0 fully saturated rings. The van der Waals surface area contributed by atoms with Gasteiger partial charge < -0.3 is 9.47 Å². The van der Waals surface area contributed by atoms with Crippen molar-refractivity contribution in [3.8, 4) is 22.1 Å². The number of hydrogen-bond acceptors (Lipinski definition) is 7. The standard InChI is InChI=1S/C23H21N3O3S2/c1-3-29-22(27)20(16-10-5-4-6-11-16)31-23-25-24-21(19-14-9-15-30-19)26(23)17-12-7-8-13-18(17)28-2/h4-15,20H,3H2,1-2H3/t20-/m0/s1. The molecule has 2 heterocycles. The van der Waals surface area contributed by atoms with Crippen LogP contribution in [0.15, 0.2) is 77.3 Å². The number of ether oxygens (including phenoxy) is 2. The van der Waals surface area contributed by atoms with E-state index in [0.717, 1.165) is 16.1 Å². The summed E-state index contributed by atoms with van der Waals surface area (Å²) in [6.07, 6.45) is 0. The second-order valence-corrected chi connectivity index (χ2v) is 8.47. The van der Waals surface area contributed by atoms with Gasteiger partial charge in [0.25, 0.3) is 0 Å². The number of methoxy groups -OCH3 is 1. The molecule has 0 amide bonds. The number of carbonyl (C=O) groups excluding carboxylic acids is 1. The zero-order chi connectivity index (χ0) is 21.6. The molecule has 0 bridgehead atoms. The lowest BCUT2D eigenvalue weighted by molar-refractivity contribution is -0.142. The Morgan fingerprint density at radius 3 is 2.55 bits per heavy atom. The molecular formula is C23H21N3O3S2. The Morgan fingerprint density at radius 1 is 1.06 bits per heavy atom. The van der Waals surface area contributed by atoms with Gasteiger partial charge in [-0.15, -0.1) is 21.5 Å². The molecule has 0 saturated heterocycles. The van der Waals surface area contributed by atoms with Crippen molar-refractivity contribution in [1.29, 1.82) is 0 Å². The maximum absolute atomic E-state index is 12.8. The van der Waals surface area contributed by atoms with E-state index in [1.165, 1.54) is 11.8 Å². The number of rotatable bonds is 8. The summed E-state index contributed by atoms with van der Waals surface area (Å²) in [5.41, 5.74) is 1.65. The first-order chi connectivity index (χ1) is 15.2. The summed E-state index contributed by atoms with van der Waals surface area (Å²) in [4.78, 5) is 13.8. The zero-order valence-corrected chi connectivity index (χ0v) is 18.7. The molecule has 4 aromatic rings. The predicted molar refractivity (Wildman–Crippen MR) is 123 cm³/mol. The van der Waals surface area contributed by atoms with Gasteiger partial charge in [-0.25, -0.2) is 0 Å². The molecule has 2 aromatic carbocycles. The van der Waals surface area contributed by atoms with Crippen molar-refractivity contribution in [2.45, 2.75) is 17.3 Å². The summed E-state index contributed by atoms with van der Waals surface area (Å²) in [6.45, 7) is 2.11. The second kappa shape index (κ2) is 9.80. The zero-order valence-electron chi connectivity index (χ0n) is 17.1. The molecule has 4 rings (SSSR count). The van der Waals surface area contributed by atoms with Crippen LogP contribution >= 0.6 is 23.1 Å². The number of nitrogens with zero attached hydrogens (tertiary/aromatic N) is 3. The SMILES string of the molecule is CCOC(=O)[C@@H](Sc1nnc(-c2cccs2)n1-c1ccccc1OC)c1ccccc1. The summed E-state index contributed by atoms with van der Waals surface area (Å²) < 4.78 is 12.9. The fourth-order valence-electron chi connectivity index (χ4n) is 3.15. The molecule has 0 aliphatic rings. The smallest absolute Gasteiger partial charge is 0.324 e. The average Bonchev–Trinajstić information content (AvgIpc) is 3.48. The second-order valence-electron chi connectivity index (χ2n) is 6.45. The van der Waals surface area contributed by atoms with Crippen molar-refractivity contribution < 1.29 is 14.3 Å². The Bertz CT molecular complexity index is 1140. The van der Waals surface area contributed by atoms with Gasteiger partial charge in [0.15, 0.2) is 11.0 Å². The number of thioether (sulfide) groups is 1. The minimum absolute atomic E-state index is 0.308. The fraction of sp³-hybridized carbons (Fsp3) is 0.174. The monoisotopic (exact) mass is 451 g/mol. The van der Waals surface area contributed by atoms with Crippen LogP contribution in [0, 0.1) is 0 Å². The molecule has 158 valence electrons. The van der Waals surface area contributed by atoms with Crippen LogP contribution in [0.25, 0.3) is 16.4 Å². The van der Waals surface area contributed by atoms with Gasteiger partial charge in [-0.2, -0.15) is 0 Å². The van der Waals surface area contributed by atoms with Gasteiger partial charge in [-0.05, 0) is 36.1 Å². The van der Waals surface area contributed by atoms with Crippen LogP contribution in [0.4, 0.5) is 0 Å². The van der Waals surface area contributed by atoms with Crippen molar-refractivity contribution in [2.75, 3.05) is 13.7 Å². The summed E-state index contributed by atoms with van der Waals surface area (Å²) in [5.74, 6) is 1.07. The molecule has 31 heavy (non-hydrogen) atoms. The minimum Gasteiger partial charge on any atom is -0.495 e. The van der Waals surface area contributed by atoms with Crippen LogP contribution in [-0.4, -0.2) is 34.5 Å². The number of hydrogen-bond donors (Lipinski definition) is 0. The summed E-state index contributed by atoms with van der Waals surface area (Å²) in [5, 5.41) is 10.9. The summed E-state index contributed by atoms with van der Waals surface area (Å²) in [6, 6.07) is 21.2. The van der Waals surface area contributed by atoms with Crippen LogP contribution < -0.4 is 4.74 Å². The molecule has 0 spiro atoms. The first-order valence-corrected chi connectivity index (χ1v) is 11.5. The molecule has 0 N–H and O–H groups in total. The predicted octanol–water partition coefficient (Wildman–Crippen LogP) is 5.40. The van der Waals surface area contributed by atoms with Crippen LogP contribution in [0.5, 0.6) is 5.75 Å². The molecule has 0 aliphatic heterocycles. The lowest BCUT2D eigenvalue weighted by Crippen LogP contribution is -2.14. The van der Waals surface area contributed by atoms with Crippen molar-refractivity contribution in [2.24, 2.45) is 0 Å². The van der Waals surface area contributed by atoms with Crippen molar-refractivity contribution in [1.82, 2.24) is 14.8 Å². The third-order valence-electron chi connectivity index (χ3n) is 4.53. The Morgan fingerprint density at radius 2 is 1.84 bits per heavy atom. The number of thiophene rings is 1. The number of para-hydroxylation sites is 2. The number of carbonyl (C=O) groups is 1. The van der Waals surface area contributed by atoms with Gasteiger partial charge in [-0.1, -0.05) is 60.3 Å². The van der Waals surface area contributed by atoms with Crippen LogP contribution in [-0.2, 0) is 9.53 Å². The minimum atomic E-state index is -0.574. The van der Waals surface area contributed by atoms with E-state index < -0.39 is 5.25 Å². The highest BCUT2D eigenvalue weighted by molar-refractivity contribution is 8.00. The van der Waals surface area contributed by atoms with Gasteiger partial charge in [-0.3, -0.25) is 9.36 Å².